The van der Waals surface area contributed by atoms with Crippen molar-refractivity contribution in [2.75, 3.05) is 18.0 Å². The monoisotopic (exact) mass is 303 g/mol. The molecule has 1 aromatic heterocycles. The topological polar surface area (TPSA) is 65.5 Å². The maximum absolute atomic E-state index is 12.1. The number of nitrogens with zero attached hydrogens (tertiary/aromatic N) is 2. The summed E-state index contributed by atoms with van der Waals surface area (Å²) < 4.78 is 0. The molecule has 2 aliphatic rings. The summed E-state index contributed by atoms with van der Waals surface area (Å²) in [6.07, 6.45) is 8.55. The average Bonchev–Trinajstić information content (AvgIpc) is 3.02. The Balaban J connectivity index is 1.59. The lowest BCUT2D eigenvalue weighted by Gasteiger charge is -2.28. The molecule has 0 unspecified atom stereocenters. The fraction of sp³-hybridized carbons (Fsp3) is 0.647. The zero-order chi connectivity index (χ0) is 15.4. The maximum Gasteiger partial charge on any atom is 0.252 e. The van der Waals surface area contributed by atoms with Gasteiger partial charge in [0.15, 0.2) is 0 Å². The molecule has 0 aromatic carbocycles. The van der Waals surface area contributed by atoms with Crippen LogP contribution in [0.2, 0.25) is 0 Å². The molecule has 5 heteroatoms. The number of piperidine rings is 1. The number of anilines is 1. The van der Waals surface area contributed by atoms with Crippen LogP contribution in [0, 0.1) is 0 Å². The molecule has 1 aromatic rings. The molecule has 0 radical (unpaired) electrons. The minimum Gasteiger partial charge on any atom is -0.380 e. The molecule has 1 aliphatic carbocycles. The van der Waals surface area contributed by atoms with Crippen LogP contribution in [-0.4, -0.2) is 34.7 Å². The van der Waals surface area contributed by atoms with Crippen LogP contribution in [0.15, 0.2) is 18.3 Å². The van der Waals surface area contributed by atoms with Crippen molar-refractivity contribution in [3.63, 3.8) is 0 Å². The second-order valence-corrected chi connectivity index (χ2v) is 6.49. The molecule has 3 rings (SSSR count). The van der Waals surface area contributed by atoms with E-state index in [4.69, 9.17) is 0 Å². The number of aliphatic hydroxyl groups is 1. The molecule has 22 heavy (non-hydrogen) atoms. The number of carbonyl (C=O) groups excluding carboxylic acids is 1. The van der Waals surface area contributed by atoms with Crippen molar-refractivity contribution in [3.8, 4) is 0 Å². The zero-order valence-electron chi connectivity index (χ0n) is 13.1. The number of hydrogen-bond donors (Lipinski definition) is 2. The van der Waals surface area contributed by atoms with Crippen molar-refractivity contribution in [1.29, 1.82) is 0 Å². The predicted molar refractivity (Wildman–Crippen MR) is 85.6 cm³/mol. The molecule has 0 spiro atoms. The first kappa shape index (κ1) is 15.3. The van der Waals surface area contributed by atoms with E-state index in [0.29, 0.717) is 19.4 Å². The summed E-state index contributed by atoms with van der Waals surface area (Å²) in [4.78, 5) is 18.9. The second kappa shape index (κ2) is 6.65. The molecule has 2 fully saturated rings. The minimum atomic E-state index is -1.15. The van der Waals surface area contributed by atoms with Crippen LogP contribution in [0.25, 0.3) is 0 Å². The largest absolute Gasteiger partial charge is 0.380 e. The van der Waals surface area contributed by atoms with Crippen molar-refractivity contribution in [2.24, 2.45) is 0 Å². The summed E-state index contributed by atoms with van der Waals surface area (Å²) in [5.41, 5.74) is -0.117. The number of aromatic nitrogens is 1. The highest BCUT2D eigenvalue weighted by Gasteiger charge is 2.38. The van der Waals surface area contributed by atoms with Crippen LogP contribution in [-0.2, 0) is 11.3 Å². The van der Waals surface area contributed by atoms with E-state index in [9.17, 15) is 9.90 Å². The molecule has 2 N–H and O–H groups in total. The normalized spacial score (nSPS) is 20.9. The van der Waals surface area contributed by atoms with Gasteiger partial charge in [0.1, 0.15) is 11.4 Å². The van der Waals surface area contributed by atoms with Gasteiger partial charge in [0.25, 0.3) is 5.91 Å². The van der Waals surface area contributed by atoms with Crippen LogP contribution in [0.5, 0.6) is 0 Å². The van der Waals surface area contributed by atoms with Crippen molar-refractivity contribution in [1.82, 2.24) is 10.3 Å². The van der Waals surface area contributed by atoms with Crippen molar-refractivity contribution < 1.29 is 9.90 Å². The van der Waals surface area contributed by atoms with E-state index in [1.807, 2.05) is 12.1 Å². The minimum absolute atomic E-state index is 0.235. The Hall–Kier alpha value is -1.62. The van der Waals surface area contributed by atoms with Gasteiger partial charge in [-0.1, -0.05) is 0 Å². The Kier molecular flexibility index (Phi) is 4.62. The highest BCUT2D eigenvalue weighted by Crippen LogP contribution is 2.29. The van der Waals surface area contributed by atoms with Gasteiger partial charge in [-0.15, -0.1) is 0 Å². The molecular weight excluding hydrogens is 278 g/mol. The van der Waals surface area contributed by atoms with Gasteiger partial charge in [0.05, 0.1) is 0 Å². The first-order valence-electron chi connectivity index (χ1n) is 8.38. The van der Waals surface area contributed by atoms with E-state index < -0.39 is 5.60 Å². The third-order valence-corrected chi connectivity index (χ3v) is 4.80. The Bertz CT molecular complexity index is 520. The van der Waals surface area contributed by atoms with E-state index in [2.05, 4.69) is 15.2 Å². The van der Waals surface area contributed by atoms with Crippen molar-refractivity contribution >= 4 is 11.7 Å². The van der Waals surface area contributed by atoms with Gasteiger partial charge in [-0.25, -0.2) is 4.98 Å². The zero-order valence-corrected chi connectivity index (χ0v) is 13.1. The standard InChI is InChI=1S/C17H25N3O2/c21-16(17(22)7-2-3-8-17)19-13-14-6-9-18-15(12-14)20-10-4-1-5-11-20/h6,9,12,22H,1-5,7-8,10-11,13H2,(H,19,21). The summed E-state index contributed by atoms with van der Waals surface area (Å²) >= 11 is 0. The third kappa shape index (κ3) is 3.40. The van der Waals surface area contributed by atoms with Crippen LogP contribution in [0.4, 0.5) is 5.82 Å². The highest BCUT2D eigenvalue weighted by atomic mass is 16.3. The molecule has 0 bridgehead atoms. The summed E-state index contributed by atoms with van der Waals surface area (Å²) in [7, 11) is 0. The first-order valence-corrected chi connectivity index (χ1v) is 8.38. The van der Waals surface area contributed by atoms with Gasteiger partial charge >= 0.3 is 0 Å². The fourth-order valence-corrected chi connectivity index (χ4v) is 3.40. The van der Waals surface area contributed by atoms with E-state index >= 15 is 0 Å². The number of amides is 1. The Morgan fingerprint density at radius 1 is 1.23 bits per heavy atom. The Labute approximate surface area is 131 Å². The Morgan fingerprint density at radius 3 is 2.68 bits per heavy atom. The van der Waals surface area contributed by atoms with Crippen LogP contribution < -0.4 is 10.2 Å². The molecule has 0 atom stereocenters. The smallest absolute Gasteiger partial charge is 0.252 e. The number of hydrogen-bond acceptors (Lipinski definition) is 4. The summed E-state index contributed by atoms with van der Waals surface area (Å²) in [5, 5.41) is 13.1. The number of nitrogens with one attached hydrogen (secondary N) is 1. The van der Waals surface area contributed by atoms with E-state index in [0.717, 1.165) is 37.3 Å². The number of rotatable bonds is 4. The molecule has 1 saturated heterocycles. The van der Waals surface area contributed by atoms with Gasteiger partial charge < -0.3 is 15.3 Å². The maximum atomic E-state index is 12.1. The third-order valence-electron chi connectivity index (χ3n) is 4.80. The molecule has 2 heterocycles. The van der Waals surface area contributed by atoms with Gasteiger partial charge in [0.2, 0.25) is 0 Å². The molecular formula is C17H25N3O2. The summed E-state index contributed by atoms with van der Waals surface area (Å²) in [5.74, 6) is 0.757. The second-order valence-electron chi connectivity index (χ2n) is 6.49. The van der Waals surface area contributed by atoms with Crippen LogP contribution in [0.3, 0.4) is 0 Å². The fourth-order valence-electron chi connectivity index (χ4n) is 3.40. The predicted octanol–water partition coefficient (Wildman–Crippen LogP) is 1.99. The average molecular weight is 303 g/mol. The SMILES string of the molecule is O=C(NCc1ccnc(N2CCCCC2)c1)C1(O)CCCC1. The number of pyridine rings is 1. The van der Waals surface area contributed by atoms with Crippen LogP contribution in [0.1, 0.15) is 50.5 Å². The lowest BCUT2D eigenvalue weighted by molar-refractivity contribution is -0.139. The van der Waals surface area contributed by atoms with E-state index in [-0.39, 0.29) is 5.91 Å². The van der Waals surface area contributed by atoms with Gasteiger partial charge in [-0.05, 0) is 62.6 Å². The molecule has 120 valence electrons. The summed E-state index contributed by atoms with van der Waals surface area (Å²) in [6, 6.07) is 3.97. The molecule has 1 amide bonds. The van der Waals surface area contributed by atoms with Crippen molar-refractivity contribution in [2.45, 2.75) is 57.1 Å². The summed E-state index contributed by atoms with van der Waals surface area (Å²) in [6.45, 7) is 2.57. The highest BCUT2D eigenvalue weighted by molar-refractivity contribution is 5.85. The van der Waals surface area contributed by atoms with Gasteiger partial charge in [-0.2, -0.15) is 0 Å². The molecule has 1 saturated carbocycles. The molecule has 1 aliphatic heterocycles. The van der Waals surface area contributed by atoms with E-state index in [1.54, 1.807) is 6.20 Å². The number of carbonyl (C=O) groups is 1. The first-order chi connectivity index (χ1) is 10.7. The van der Waals surface area contributed by atoms with Crippen molar-refractivity contribution in [3.05, 3.63) is 23.9 Å². The molecule has 5 nitrogen and oxygen atoms in total. The van der Waals surface area contributed by atoms with Gasteiger partial charge in [-0.3, -0.25) is 4.79 Å². The lowest BCUT2D eigenvalue weighted by atomic mass is 10.0. The Morgan fingerprint density at radius 2 is 1.95 bits per heavy atom. The quantitative estimate of drug-likeness (QED) is 0.893. The van der Waals surface area contributed by atoms with E-state index in [1.165, 1.54) is 19.3 Å². The van der Waals surface area contributed by atoms with Gasteiger partial charge in [0, 0.05) is 25.8 Å². The van der Waals surface area contributed by atoms with Crippen LogP contribution >= 0.6 is 0 Å². The lowest BCUT2D eigenvalue weighted by Crippen LogP contribution is -2.44.